The van der Waals surface area contributed by atoms with Gasteiger partial charge in [0, 0.05) is 25.2 Å². The predicted molar refractivity (Wildman–Crippen MR) is 101 cm³/mol. The van der Waals surface area contributed by atoms with E-state index in [4.69, 9.17) is 0 Å². The van der Waals surface area contributed by atoms with Crippen LogP contribution in [0.3, 0.4) is 0 Å². The van der Waals surface area contributed by atoms with Gasteiger partial charge in [0.05, 0.1) is 11.5 Å². The SMILES string of the molecule is O=C(CSCC(=O)N1CC[C@@H]2CCCC[C@@H]21)N1CC[C@H]2CCCC[C@H]21. The third-order valence-electron chi connectivity index (χ3n) is 7.11. The van der Waals surface area contributed by atoms with E-state index in [9.17, 15) is 9.59 Å². The molecular weight excluding hydrogens is 332 g/mol. The van der Waals surface area contributed by atoms with Gasteiger partial charge in [0.1, 0.15) is 0 Å². The van der Waals surface area contributed by atoms with Crippen molar-refractivity contribution in [3.63, 3.8) is 0 Å². The number of hydrogen-bond acceptors (Lipinski definition) is 3. The molecule has 0 unspecified atom stereocenters. The summed E-state index contributed by atoms with van der Waals surface area (Å²) < 4.78 is 0. The fraction of sp³-hybridized carbons (Fsp3) is 0.900. The average Bonchev–Trinajstić information content (AvgIpc) is 3.26. The predicted octanol–water partition coefficient (Wildman–Crippen LogP) is 3.30. The summed E-state index contributed by atoms with van der Waals surface area (Å²) in [6.45, 7) is 1.89. The molecule has 2 saturated heterocycles. The lowest BCUT2D eigenvalue weighted by molar-refractivity contribution is -0.130. The molecular formula is C20H32N2O2S. The lowest BCUT2D eigenvalue weighted by Crippen LogP contribution is -2.41. The molecule has 0 bridgehead atoms. The van der Waals surface area contributed by atoms with Crippen molar-refractivity contribution in [3.8, 4) is 0 Å². The van der Waals surface area contributed by atoms with Crippen LogP contribution >= 0.6 is 11.8 Å². The molecule has 4 rings (SSSR count). The van der Waals surface area contributed by atoms with Gasteiger partial charge >= 0.3 is 0 Å². The van der Waals surface area contributed by atoms with E-state index in [-0.39, 0.29) is 11.8 Å². The molecule has 0 aromatic rings. The zero-order valence-corrected chi connectivity index (χ0v) is 16.1. The highest BCUT2D eigenvalue weighted by atomic mass is 32.2. The van der Waals surface area contributed by atoms with Crippen molar-refractivity contribution in [1.82, 2.24) is 9.80 Å². The summed E-state index contributed by atoms with van der Waals surface area (Å²) in [5.41, 5.74) is 0. The Labute approximate surface area is 156 Å². The Morgan fingerprint density at radius 1 is 0.680 bits per heavy atom. The van der Waals surface area contributed by atoms with Crippen LogP contribution in [-0.2, 0) is 9.59 Å². The first-order valence-electron chi connectivity index (χ1n) is 10.4. The van der Waals surface area contributed by atoms with Crippen LogP contribution in [0.1, 0.15) is 64.2 Å². The molecule has 0 aromatic carbocycles. The minimum absolute atomic E-state index is 0.268. The lowest BCUT2D eigenvalue weighted by Gasteiger charge is -2.32. The molecule has 5 heteroatoms. The maximum absolute atomic E-state index is 12.6. The third-order valence-corrected chi connectivity index (χ3v) is 8.01. The van der Waals surface area contributed by atoms with Crippen molar-refractivity contribution in [2.75, 3.05) is 24.6 Å². The van der Waals surface area contributed by atoms with Gasteiger partial charge in [-0.05, 0) is 50.4 Å². The minimum Gasteiger partial charge on any atom is -0.339 e. The monoisotopic (exact) mass is 364 g/mol. The zero-order chi connectivity index (χ0) is 17.2. The number of carbonyl (C=O) groups is 2. The normalized spacial score (nSPS) is 34.7. The molecule has 0 radical (unpaired) electrons. The minimum atomic E-state index is 0.268. The summed E-state index contributed by atoms with van der Waals surface area (Å²) in [5.74, 6) is 3.00. The van der Waals surface area contributed by atoms with Crippen molar-refractivity contribution in [1.29, 1.82) is 0 Å². The number of thioether (sulfide) groups is 1. The van der Waals surface area contributed by atoms with Crippen LogP contribution in [-0.4, -0.2) is 58.3 Å². The van der Waals surface area contributed by atoms with Gasteiger partial charge in [-0.15, -0.1) is 11.8 Å². The molecule has 2 saturated carbocycles. The van der Waals surface area contributed by atoms with E-state index < -0.39 is 0 Å². The molecule has 0 aromatic heterocycles. The van der Waals surface area contributed by atoms with Crippen LogP contribution in [0.4, 0.5) is 0 Å². The highest BCUT2D eigenvalue weighted by Crippen LogP contribution is 2.37. The van der Waals surface area contributed by atoms with Gasteiger partial charge in [-0.3, -0.25) is 9.59 Å². The van der Waals surface area contributed by atoms with Crippen molar-refractivity contribution in [2.24, 2.45) is 11.8 Å². The number of nitrogens with zero attached hydrogens (tertiary/aromatic N) is 2. The summed E-state index contributed by atoms with van der Waals surface area (Å²) in [7, 11) is 0. The Kier molecular flexibility index (Phi) is 5.59. The number of hydrogen-bond donors (Lipinski definition) is 0. The van der Waals surface area contributed by atoms with Crippen molar-refractivity contribution >= 4 is 23.6 Å². The number of amides is 2. The number of rotatable bonds is 4. The van der Waals surface area contributed by atoms with Crippen LogP contribution in [0, 0.1) is 11.8 Å². The Balaban J connectivity index is 1.22. The molecule has 4 atom stereocenters. The maximum Gasteiger partial charge on any atom is 0.232 e. The van der Waals surface area contributed by atoms with E-state index in [0.29, 0.717) is 23.6 Å². The van der Waals surface area contributed by atoms with Crippen LogP contribution < -0.4 is 0 Å². The van der Waals surface area contributed by atoms with Gasteiger partial charge in [0.25, 0.3) is 0 Å². The molecule has 0 N–H and O–H groups in total. The van der Waals surface area contributed by atoms with E-state index in [1.54, 1.807) is 0 Å². The Morgan fingerprint density at radius 2 is 1.12 bits per heavy atom. The number of carbonyl (C=O) groups excluding carboxylic acids is 2. The van der Waals surface area contributed by atoms with Gasteiger partial charge < -0.3 is 9.80 Å². The summed E-state index contributed by atoms with van der Waals surface area (Å²) in [6.07, 6.45) is 12.6. The Hall–Kier alpha value is -0.710. The van der Waals surface area contributed by atoms with E-state index in [2.05, 4.69) is 9.80 Å². The number of likely N-dealkylation sites (tertiary alicyclic amines) is 2. The molecule has 2 aliphatic carbocycles. The van der Waals surface area contributed by atoms with Crippen molar-refractivity contribution in [2.45, 2.75) is 76.3 Å². The van der Waals surface area contributed by atoms with Gasteiger partial charge in [0.15, 0.2) is 0 Å². The van der Waals surface area contributed by atoms with Gasteiger partial charge in [-0.2, -0.15) is 0 Å². The smallest absolute Gasteiger partial charge is 0.232 e. The maximum atomic E-state index is 12.6. The first-order valence-corrected chi connectivity index (χ1v) is 11.6. The van der Waals surface area contributed by atoms with Crippen LogP contribution in [0.25, 0.3) is 0 Å². The van der Waals surface area contributed by atoms with Crippen molar-refractivity contribution < 1.29 is 9.59 Å². The largest absolute Gasteiger partial charge is 0.339 e. The quantitative estimate of drug-likeness (QED) is 0.768. The molecule has 140 valence electrons. The van der Waals surface area contributed by atoms with Gasteiger partial charge in [-0.1, -0.05) is 25.7 Å². The Bertz CT molecular complexity index is 468. The highest BCUT2D eigenvalue weighted by Gasteiger charge is 2.39. The second kappa shape index (κ2) is 7.89. The summed E-state index contributed by atoms with van der Waals surface area (Å²) in [5, 5.41) is 0. The van der Waals surface area contributed by atoms with Crippen LogP contribution in [0.5, 0.6) is 0 Å². The average molecular weight is 365 g/mol. The topological polar surface area (TPSA) is 40.6 Å². The zero-order valence-electron chi connectivity index (χ0n) is 15.3. The highest BCUT2D eigenvalue weighted by molar-refractivity contribution is 8.00. The number of fused-ring (bicyclic) bond motifs is 2. The molecule has 0 spiro atoms. The lowest BCUT2D eigenvalue weighted by atomic mass is 9.85. The fourth-order valence-electron chi connectivity index (χ4n) is 5.82. The van der Waals surface area contributed by atoms with E-state index >= 15 is 0 Å². The molecule has 2 amide bonds. The van der Waals surface area contributed by atoms with Gasteiger partial charge in [0.2, 0.25) is 11.8 Å². The molecule has 2 aliphatic heterocycles. The summed E-state index contributed by atoms with van der Waals surface area (Å²) in [4.78, 5) is 29.5. The van der Waals surface area contributed by atoms with Crippen LogP contribution in [0.15, 0.2) is 0 Å². The molecule has 25 heavy (non-hydrogen) atoms. The molecule has 4 fully saturated rings. The Morgan fingerprint density at radius 3 is 1.60 bits per heavy atom. The second-order valence-corrected chi connectivity index (χ2v) is 9.45. The third kappa shape index (κ3) is 3.72. The van der Waals surface area contributed by atoms with Crippen LogP contribution in [0.2, 0.25) is 0 Å². The standard InChI is InChI=1S/C20H32N2O2S/c23-19(21-11-9-15-5-1-3-7-17(15)21)13-25-14-20(24)22-12-10-16-6-2-4-8-18(16)22/h15-18H,1-14H2/t15-,16+,17-,18+. The summed E-state index contributed by atoms with van der Waals surface area (Å²) in [6, 6.07) is 0.998. The first kappa shape index (κ1) is 17.7. The van der Waals surface area contributed by atoms with E-state index in [1.807, 2.05) is 0 Å². The first-order chi connectivity index (χ1) is 12.2. The second-order valence-electron chi connectivity index (χ2n) is 8.47. The summed E-state index contributed by atoms with van der Waals surface area (Å²) >= 11 is 1.54. The molecule has 4 aliphatic rings. The van der Waals surface area contributed by atoms with Gasteiger partial charge in [-0.25, -0.2) is 0 Å². The molecule has 4 nitrogen and oxygen atoms in total. The fourth-order valence-corrected chi connectivity index (χ4v) is 6.61. The molecule has 2 heterocycles. The van der Waals surface area contributed by atoms with E-state index in [1.165, 1.54) is 76.0 Å². The van der Waals surface area contributed by atoms with Crippen molar-refractivity contribution in [3.05, 3.63) is 0 Å². The van der Waals surface area contributed by atoms with E-state index in [0.717, 1.165) is 24.9 Å².